The largest absolute Gasteiger partial charge is 0.463 e. The van der Waals surface area contributed by atoms with E-state index in [0.29, 0.717) is 11.7 Å². The fourth-order valence-electron chi connectivity index (χ4n) is 1.79. The molecule has 2 heterocycles. The van der Waals surface area contributed by atoms with E-state index in [2.05, 4.69) is 5.32 Å². The van der Waals surface area contributed by atoms with Crippen molar-refractivity contribution >= 4 is 0 Å². The van der Waals surface area contributed by atoms with Crippen LogP contribution in [-0.4, -0.2) is 18.2 Å². The summed E-state index contributed by atoms with van der Waals surface area (Å²) in [6.45, 7) is 2.11. The number of aliphatic hydroxyl groups is 1. The molecule has 1 atom stereocenters. The van der Waals surface area contributed by atoms with Crippen LogP contribution in [0.5, 0.6) is 0 Å². The molecular weight excluding hydrogens is 166 g/mol. The number of piperidine rings is 1. The third-order valence-corrected chi connectivity index (χ3v) is 2.54. The second-order valence-electron chi connectivity index (χ2n) is 3.51. The summed E-state index contributed by atoms with van der Waals surface area (Å²) in [5.74, 6) is 2.17. The van der Waals surface area contributed by atoms with Crippen molar-refractivity contribution in [3.05, 3.63) is 23.7 Å². The Hall–Kier alpha value is -0.800. The lowest BCUT2D eigenvalue weighted by Crippen LogP contribution is -2.28. The van der Waals surface area contributed by atoms with E-state index >= 15 is 0 Å². The molecule has 1 aliphatic rings. The Bertz CT molecular complexity index is 264. The minimum Gasteiger partial charge on any atom is -0.463 e. The van der Waals surface area contributed by atoms with Crippen LogP contribution < -0.4 is 5.32 Å². The zero-order valence-corrected chi connectivity index (χ0v) is 7.62. The monoisotopic (exact) mass is 181 g/mol. The number of furan rings is 1. The van der Waals surface area contributed by atoms with E-state index in [1.165, 1.54) is 12.8 Å². The van der Waals surface area contributed by atoms with Crippen LogP contribution in [0.4, 0.5) is 0 Å². The standard InChI is InChI=1S/C10H15NO2/c12-7-9-3-4-10(13-9)8-2-1-5-11-6-8/h3-4,8,11-12H,1-2,5-7H2. The van der Waals surface area contributed by atoms with Crippen LogP contribution in [-0.2, 0) is 6.61 Å². The molecule has 0 bridgehead atoms. The van der Waals surface area contributed by atoms with Crippen LogP contribution in [0.15, 0.2) is 16.5 Å². The molecule has 1 unspecified atom stereocenters. The quantitative estimate of drug-likeness (QED) is 0.721. The molecule has 0 aliphatic carbocycles. The Morgan fingerprint density at radius 3 is 3.08 bits per heavy atom. The van der Waals surface area contributed by atoms with Gasteiger partial charge in [0, 0.05) is 12.5 Å². The highest BCUT2D eigenvalue weighted by molar-refractivity contribution is 5.11. The molecule has 1 aliphatic heterocycles. The number of hydrogen-bond acceptors (Lipinski definition) is 3. The number of aliphatic hydroxyl groups excluding tert-OH is 1. The lowest BCUT2D eigenvalue weighted by atomic mass is 9.97. The van der Waals surface area contributed by atoms with E-state index in [9.17, 15) is 0 Å². The molecule has 3 nitrogen and oxygen atoms in total. The highest BCUT2D eigenvalue weighted by Gasteiger charge is 2.17. The fourth-order valence-corrected chi connectivity index (χ4v) is 1.79. The maximum absolute atomic E-state index is 8.84. The predicted molar refractivity (Wildman–Crippen MR) is 49.5 cm³/mol. The molecule has 2 rings (SSSR count). The van der Waals surface area contributed by atoms with Gasteiger partial charge in [0.2, 0.25) is 0 Å². The molecule has 72 valence electrons. The molecular formula is C10H15NO2. The normalized spacial score (nSPS) is 23.3. The van der Waals surface area contributed by atoms with Crippen molar-refractivity contribution in [2.75, 3.05) is 13.1 Å². The fraction of sp³-hybridized carbons (Fsp3) is 0.600. The topological polar surface area (TPSA) is 45.4 Å². The van der Waals surface area contributed by atoms with E-state index in [-0.39, 0.29) is 6.61 Å². The van der Waals surface area contributed by atoms with Crippen LogP contribution in [0.1, 0.15) is 30.3 Å². The second kappa shape index (κ2) is 3.94. The van der Waals surface area contributed by atoms with Crippen LogP contribution in [0.2, 0.25) is 0 Å². The molecule has 0 spiro atoms. The summed E-state index contributed by atoms with van der Waals surface area (Å²) >= 11 is 0. The molecule has 0 saturated carbocycles. The molecule has 0 radical (unpaired) electrons. The van der Waals surface area contributed by atoms with E-state index in [0.717, 1.165) is 18.8 Å². The first-order chi connectivity index (χ1) is 6.40. The van der Waals surface area contributed by atoms with Crippen molar-refractivity contribution in [3.63, 3.8) is 0 Å². The van der Waals surface area contributed by atoms with Gasteiger partial charge in [-0.1, -0.05) is 0 Å². The summed E-state index contributed by atoms with van der Waals surface area (Å²) in [6, 6.07) is 3.83. The minimum atomic E-state index is 0.000147. The maximum atomic E-state index is 8.84. The third kappa shape index (κ3) is 1.92. The average molecular weight is 181 g/mol. The van der Waals surface area contributed by atoms with Crippen molar-refractivity contribution in [2.45, 2.75) is 25.4 Å². The highest BCUT2D eigenvalue weighted by Crippen LogP contribution is 2.24. The molecule has 13 heavy (non-hydrogen) atoms. The molecule has 3 heteroatoms. The first-order valence-electron chi connectivity index (χ1n) is 4.80. The van der Waals surface area contributed by atoms with Crippen molar-refractivity contribution < 1.29 is 9.52 Å². The third-order valence-electron chi connectivity index (χ3n) is 2.54. The first-order valence-corrected chi connectivity index (χ1v) is 4.80. The molecule has 2 N–H and O–H groups in total. The van der Waals surface area contributed by atoms with Crippen molar-refractivity contribution in [3.8, 4) is 0 Å². The Kier molecular flexibility index (Phi) is 2.66. The van der Waals surface area contributed by atoms with Gasteiger partial charge in [0.05, 0.1) is 0 Å². The summed E-state index contributed by atoms with van der Waals surface area (Å²) in [5.41, 5.74) is 0. The lowest BCUT2D eigenvalue weighted by molar-refractivity contribution is 0.239. The number of hydrogen-bond donors (Lipinski definition) is 2. The lowest BCUT2D eigenvalue weighted by Gasteiger charge is -2.20. The van der Waals surface area contributed by atoms with E-state index in [4.69, 9.17) is 9.52 Å². The summed E-state index contributed by atoms with van der Waals surface area (Å²) < 4.78 is 5.48. The highest BCUT2D eigenvalue weighted by atomic mass is 16.4. The molecule has 1 aromatic rings. The van der Waals surface area contributed by atoms with Crippen molar-refractivity contribution in [1.29, 1.82) is 0 Å². The molecule has 1 aromatic heterocycles. The van der Waals surface area contributed by atoms with Gasteiger partial charge in [-0.15, -0.1) is 0 Å². The Morgan fingerprint density at radius 1 is 1.54 bits per heavy atom. The van der Waals surface area contributed by atoms with Gasteiger partial charge in [0.1, 0.15) is 18.1 Å². The predicted octanol–water partition coefficient (Wildman–Crippen LogP) is 1.24. The van der Waals surface area contributed by atoms with Gasteiger partial charge in [-0.3, -0.25) is 0 Å². The van der Waals surface area contributed by atoms with Gasteiger partial charge in [0.25, 0.3) is 0 Å². The number of nitrogens with one attached hydrogen (secondary N) is 1. The van der Waals surface area contributed by atoms with Crippen LogP contribution in [0.25, 0.3) is 0 Å². The zero-order chi connectivity index (χ0) is 9.10. The average Bonchev–Trinajstić information content (AvgIpc) is 2.67. The van der Waals surface area contributed by atoms with Gasteiger partial charge in [-0.25, -0.2) is 0 Å². The van der Waals surface area contributed by atoms with Crippen LogP contribution >= 0.6 is 0 Å². The Morgan fingerprint density at radius 2 is 2.46 bits per heavy atom. The van der Waals surface area contributed by atoms with Gasteiger partial charge >= 0.3 is 0 Å². The first kappa shape index (κ1) is 8.78. The summed E-state index contributed by atoms with van der Waals surface area (Å²) in [4.78, 5) is 0. The summed E-state index contributed by atoms with van der Waals surface area (Å²) in [7, 11) is 0. The molecule has 1 saturated heterocycles. The van der Waals surface area contributed by atoms with Gasteiger partial charge in [0.15, 0.2) is 0 Å². The molecule has 1 fully saturated rings. The van der Waals surface area contributed by atoms with E-state index in [1.807, 2.05) is 12.1 Å². The second-order valence-corrected chi connectivity index (χ2v) is 3.51. The zero-order valence-electron chi connectivity index (χ0n) is 7.62. The summed E-state index contributed by atoms with van der Waals surface area (Å²) in [5, 5.41) is 12.2. The van der Waals surface area contributed by atoms with Gasteiger partial charge in [-0.2, -0.15) is 0 Å². The Labute approximate surface area is 77.8 Å². The number of rotatable bonds is 2. The molecule has 0 aromatic carbocycles. The Balaban J connectivity index is 2.05. The summed E-state index contributed by atoms with van der Waals surface area (Å²) in [6.07, 6.45) is 2.39. The maximum Gasteiger partial charge on any atom is 0.129 e. The van der Waals surface area contributed by atoms with E-state index < -0.39 is 0 Å². The van der Waals surface area contributed by atoms with E-state index in [1.54, 1.807) is 0 Å². The minimum absolute atomic E-state index is 0.000147. The smallest absolute Gasteiger partial charge is 0.129 e. The van der Waals surface area contributed by atoms with Crippen LogP contribution in [0.3, 0.4) is 0 Å². The van der Waals surface area contributed by atoms with Gasteiger partial charge in [-0.05, 0) is 31.5 Å². The van der Waals surface area contributed by atoms with Gasteiger partial charge < -0.3 is 14.8 Å². The molecule has 0 amide bonds. The van der Waals surface area contributed by atoms with Crippen molar-refractivity contribution in [1.82, 2.24) is 5.32 Å². The van der Waals surface area contributed by atoms with Crippen molar-refractivity contribution in [2.24, 2.45) is 0 Å². The SMILES string of the molecule is OCc1ccc(C2CCCNC2)o1. The van der Waals surface area contributed by atoms with Crippen LogP contribution in [0, 0.1) is 0 Å².